The predicted octanol–water partition coefficient (Wildman–Crippen LogP) is 2.27. The summed E-state index contributed by atoms with van der Waals surface area (Å²) in [5.41, 5.74) is -0.175. The van der Waals surface area contributed by atoms with Crippen LogP contribution in [0.2, 0.25) is 0 Å². The summed E-state index contributed by atoms with van der Waals surface area (Å²) in [5, 5.41) is 2.84. The van der Waals surface area contributed by atoms with Gasteiger partial charge in [-0.1, -0.05) is 18.2 Å². The molecule has 0 saturated heterocycles. The first-order chi connectivity index (χ1) is 8.84. The minimum absolute atomic E-state index is 0.0884. The van der Waals surface area contributed by atoms with E-state index in [-0.39, 0.29) is 19.0 Å². The zero-order valence-electron chi connectivity index (χ0n) is 10.9. The van der Waals surface area contributed by atoms with E-state index in [0.717, 1.165) is 12.1 Å². The van der Waals surface area contributed by atoms with Gasteiger partial charge in [0, 0.05) is 20.1 Å². The lowest BCUT2D eigenvalue weighted by atomic mass is 10.1. The lowest BCUT2D eigenvalue weighted by molar-refractivity contribution is -0.137. The minimum Gasteiger partial charge on any atom is -0.345 e. The molecule has 0 aliphatic carbocycles. The van der Waals surface area contributed by atoms with E-state index >= 15 is 0 Å². The molecule has 0 radical (unpaired) electrons. The Bertz CT molecular complexity index is 432. The standard InChI is InChI=1S/C13H17F3N2O/c1-3-18(2)12(19)9-17-8-10-5-4-6-11(7-10)13(14,15)16/h4-7,17H,3,8-9H2,1-2H3. The predicted molar refractivity (Wildman–Crippen MR) is 66.5 cm³/mol. The lowest BCUT2D eigenvalue weighted by Gasteiger charge is -2.15. The fourth-order valence-electron chi connectivity index (χ4n) is 1.48. The number of likely N-dealkylation sites (N-methyl/N-ethyl adjacent to an activating group) is 1. The molecule has 0 fully saturated rings. The molecule has 6 heteroatoms. The summed E-state index contributed by atoms with van der Waals surface area (Å²) in [5.74, 6) is -0.0884. The molecule has 1 aromatic carbocycles. The van der Waals surface area contributed by atoms with Crippen molar-refractivity contribution >= 4 is 5.91 Å². The number of amides is 1. The van der Waals surface area contributed by atoms with Crippen LogP contribution in [0.25, 0.3) is 0 Å². The summed E-state index contributed by atoms with van der Waals surface area (Å²) in [4.78, 5) is 13.0. The maximum atomic E-state index is 12.5. The van der Waals surface area contributed by atoms with Crippen molar-refractivity contribution < 1.29 is 18.0 Å². The van der Waals surface area contributed by atoms with E-state index in [9.17, 15) is 18.0 Å². The van der Waals surface area contributed by atoms with Gasteiger partial charge < -0.3 is 10.2 Å². The number of rotatable bonds is 5. The summed E-state index contributed by atoms with van der Waals surface area (Å²) < 4.78 is 37.5. The van der Waals surface area contributed by atoms with Crippen LogP contribution in [0.1, 0.15) is 18.1 Å². The highest BCUT2D eigenvalue weighted by Gasteiger charge is 2.30. The normalized spacial score (nSPS) is 11.4. The second-order valence-corrected chi connectivity index (χ2v) is 4.21. The molecular weight excluding hydrogens is 257 g/mol. The van der Waals surface area contributed by atoms with Crippen molar-refractivity contribution in [3.63, 3.8) is 0 Å². The lowest BCUT2D eigenvalue weighted by Crippen LogP contribution is -2.35. The van der Waals surface area contributed by atoms with Crippen molar-refractivity contribution in [2.24, 2.45) is 0 Å². The number of carbonyl (C=O) groups excluding carboxylic acids is 1. The van der Waals surface area contributed by atoms with E-state index in [4.69, 9.17) is 0 Å². The molecule has 0 aliphatic rings. The molecule has 0 aromatic heterocycles. The Labute approximate surface area is 110 Å². The summed E-state index contributed by atoms with van der Waals surface area (Å²) in [7, 11) is 1.67. The second-order valence-electron chi connectivity index (χ2n) is 4.21. The van der Waals surface area contributed by atoms with E-state index in [1.54, 1.807) is 18.0 Å². The van der Waals surface area contributed by atoms with Crippen LogP contribution in [-0.2, 0) is 17.5 Å². The Morgan fingerprint density at radius 1 is 1.37 bits per heavy atom. The first-order valence-corrected chi connectivity index (χ1v) is 5.95. The van der Waals surface area contributed by atoms with Gasteiger partial charge >= 0.3 is 6.18 Å². The average Bonchev–Trinajstić information content (AvgIpc) is 2.37. The van der Waals surface area contributed by atoms with Gasteiger partial charge in [0.15, 0.2) is 0 Å². The first-order valence-electron chi connectivity index (χ1n) is 5.95. The maximum Gasteiger partial charge on any atom is 0.416 e. The Morgan fingerprint density at radius 3 is 2.63 bits per heavy atom. The fraction of sp³-hybridized carbons (Fsp3) is 0.462. The summed E-state index contributed by atoms with van der Waals surface area (Å²) in [6, 6.07) is 5.07. The van der Waals surface area contributed by atoms with E-state index in [2.05, 4.69) is 5.32 Å². The third-order valence-electron chi connectivity index (χ3n) is 2.76. The highest BCUT2D eigenvalue weighted by molar-refractivity contribution is 5.77. The molecule has 106 valence electrons. The van der Waals surface area contributed by atoms with E-state index in [1.807, 2.05) is 6.92 Å². The van der Waals surface area contributed by atoms with Gasteiger partial charge in [0.25, 0.3) is 0 Å². The smallest absolute Gasteiger partial charge is 0.345 e. The minimum atomic E-state index is -4.34. The molecular formula is C13H17F3N2O. The van der Waals surface area contributed by atoms with Crippen LogP contribution in [0.15, 0.2) is 24.3 Å². The number of benzene rings is 1. The monoisotopic (exact) mass is 274 g/mol. The topological polar surface area (TPSA) is 32.3 Å². The first kappa shape index (κ1) is 15.5. The van der Waals surface area contributed by atoms with Crippen molar-refractivity contribution in [2.45, 2.75) is 19.6 Å². The van der Waals surface area contributed by atoms with Crippen molar-refractivity contribution in [1.29, 1.82) is 0 Å². The molecule has 19 heavy (non-hydrogen) atoms. The van der Waals surface area contributed by atoms with Crippen LogP contribution < -0.4 is 5.32 Å². The summed E-state index contributed by atoms with van der Waals surface area (Å²) in [6.07, 6.45) is -4.34. The van der Waals surface area contributed by atoms with Gasteiger partial charge in [-0.3, -0.25) is 4.79 Å². The number of alkyl halides is 3. The van der Waals surface area contributed by atoms with Crippen molar-refractivity contribution in [1.82, 2.24) is 10.2 Å². The van der Waals surface area contributed by atoms with Gasteiger partial charge in [-0.2, -0.15) is 13.2 Å². The number of hydrogen-bond donors (Lipinski definition) is 1. The van der Waals surface area contributed by atoms with E-state index in [1.165, 1.54) is 6.07 Å². The van der Waals surface area contributed by atoms with Crippen LogP contribution in [0.3, 0.4) is 0 Å². The second kappa shape index (κ2) is 6.56. The molecule has 1 N–H and O–H groups in total. The Balaban J connectivity index is 2.53. The SMILES string of the molecule is CCN(C)C(=O)CNCc1cccc(C(F)(F)F)c1. The molecule has 0 spiro atoms. The number of hydrogen-bond acceptors (Lipinski definition) is 2. The third kappa shape index (κ3) is 4.90. The fourth-order valence-corrected chi connectivity index (χ4v) is 1.48. The van der Waals surface area contributed by atoms with Crippen molar-refractivity contribution in [3.8, 4) is 0 Å². The average molecular weight is 274 g/mol. The highest BCUT2D eigenvalue weighted by Crippen LogP contribution is 2.29. The highest BCUT2D eigenvalue weighted by atomic mass is 19.4. The molecule has 1 amide bonds. The largest absolute Gasteiger partial charge is 0.416 e. The molecule has 0 atom stereocenters. The van der Waals surface area contributed by atoms with Crippen molar-refractivity contribution in [2.75, 3.05) is 20.1 Å². The maximum absolute atomic E-state index is 12.5. The van der Waals surface area contributed by atoms with Crippen molar-refractivity contribution in [3.05, 3.63) is 35.4 Å². The molecule has 0 unspecified atom stereocenters. The van der Waals surface area contributed by atoms with Crippen LogP contribution >= 0.6 is 0 Å². The molecule has 0 heterocycles. The van der Waals surface area contributed by atoms with Gasteiger partial charge in [0.05, 0.1) is 12.1 Å². The van der Waals surface area contributed by atoms with Gasteiger partial charge in [0.1, 0.15) is 0 Å². The van der Waals surface area contributed by atoms with Crippen LogP contribution in [0.4, 0.5) is 13.2 Å². The number of nitrogens with one attached hydrogen (secondary N) is 1. The van der Waals surface area contributed by atoms with E-state index in [0.29, 0.717) is 12.1 Å². The molecule has 0 bridgehead atoms. The van der Waals surface area contributed by atoms with Crippen LogP contribution in [0.5, 0.6) is 0 Å². The molecule has 0 aliphatic heterocycles. The number of halogens is 3. The van der Waals surface area contributed by atoms with Gasteiger partial charge in [-0.15, -0.1) is 0 Å². The zero-order chi connectivity index (χ0) is 14.5. The van der Waals surface area contributed by atoms with Crippen LogP contribution in [0, 0.1) is 0 Å². The Kier molecular flexibility index (Phi) is 5.35. The molecule has 0 saturated carbocycles. The number of nitrogens with zero attached hydrogens (tertiary/aromatic N) is 1. The molecule has 3 nitrogen and oxygen atoms in total. The zero-order valence-corrected chi connectivity index (χ0v) is 10.9. The van der Waals surface area contributed by atoms with Gasteiger partial charge in [0.2, 0.25) is 5.91 Å². The quantitative estimate of drug-likeness (QED) is 0.893. The Hall–Kier alpha value is -1.56. The summed E-state index contributed by atoms with van der Waals surface area (Å²) in [6.45, 7) is 2.79. The third-order valence-corrected chi connectivity index (χ3v) is 2.76. The van der Waals surface area contributed by atoms with E-state index < -0.39 is 11.7 Å². The molecule has 1 aromatic rings. The number of carbonyl (C=O) groups is 1. The molecule has 1 rings (SSSR count). The summed E-state index contributed by atoms with van der Waals surface area (Å²) >= 11 is 0. The van der Waals surface area contributed by atoms with Gasteiger partial charge in [-0.25, -0.2) is 0 Å². The Morgan fingerprint density at radius 2 is 2.05 bits per heavy atom. The van der Waals surface area contributed by atoms with Crippen LogP contribution in [-0.4, -0.2) is 30.9 Å². The van der Waals surface area contributed by atoms with Gasteiger partial charge in [-0.05, 0) is 18.6 Å².